The molecule has 0 fully saturated rings. The van der Waals surface area contributed by atoms with Crippen molar-refractivity contribution >= 4 is 23.3 Å². The first kappa shape index (κ1) is 12.5. The molecule has 0 aliphatic heterocycles. The van der Waals surface area contributed by atoms with Gasteiger partial charge in [-0.15, -0.1) is 0 Å². The maximum atomic E-state index is 9.00. The molecule has 0 saturated carbocycles. The molecule has 0 aliphatic carbocycles. The Labute approximate surface area is 88.1 Å². The molecule has 1 N–H and O–H groups in total. The standard InChI is InChI=1S/C8H7NS.C2H4O2/c10-7-9-6-8-4-2-1-3-5-8;1-2(3)4/h1-5H,6H2;1H3,(H,3,4). The molecule has 1 rings (SSSR count). The van der Waals surface area contributed by atoms with Crippen molar-refractivity contribution in [3.63, 3.8) is 0 Å². The Balaban J connectivity index is 0.000000364. The first-order valence-corrected chi connectivity index (χ1v) is 4.34. The quantitative estimate of drug-likeness (QED) is 0.601. The molecular weight excluding hydrogens is 198 g/mol. The van der Waals surface area contributed by atoms with Gasteiger partial charge in [0.2, 0.25) is 0 Å². The summed E-state index contributed by atoms with van der Waals surface area (Å²) in [5.41, 5.74) is 1.17. The fourth-order valence-electron chi connectivity index (χ4n) is 0.707. The fraction of sp³-hybridized carbons (Fsp3) is 0.200. The van der Waals surface area contributed by atoms with Gasteiger partial charge in [-0.05, 0) is 17.8 Å². The van der Waals surface area contributed by atoms with Crippen molar-refractivity contribution in [1.82, 2.24) is 0 Å². The summed E-state index contributed by atoms with van der Waals surface area (Å²) in [6.07, 6.45) is 0. The van der Waals surface area contributed by atoms with Crippen molar-refractivity contribution < 1.29 is 9.90 Å². The van der Waals surface area contributed by atoms with E-state index in [1.807, 2.05) is 30.3 Å². The lowest BCUT2D eigenvalue weighted by molar-refractivity contribution is -0.134. The minimum absolute atomic E-state index is 0.643. The van der Waals surface area contributed by atoms with Gasteiger partial charge in [-0.2, -0.15) is 0 Å². The maximum Gasteiger partial charge on any atom is 0.300 e. The van der Waals surface area contributed by atoms with Crippen LogP contribution < -0.4 is 0 Å². The number of aliphatic imine (C=N–C) groups is 1. The number of carboxylic acids is 1. The van der Waals surface area contributed by atoms with Crippen molar-refractivity contribution in [2.24, 2.45) is 4.99 Å². The van der Waals surface area contributed by atoms with Crippen LogP contribution in [0.4, 0.5) is 0 Å². The van der Waals surface area contributed by atoms with Crippen molar-refractivity contribution in [3.8, 4) is 0 Å². The third-order valence-corrected chi connectivity index (χ3v) is 1.30. The van der Waals surface area contributed by atoms with Crippen LogP contribution >= 0.6 is 12.2 Å². The van der Waals surface area contributed by atoms with Gasteiger partial charge in [-0.25, -0.2) is 4.99 Å². The number of carboxylic acid groups (broad SMARTS) is 1. The van der Waals surface area contributed by atoms with Crippen LogP contribution in [0.3, 0.4) is 0 Å². The Hall–Kier alpha value is -1.51. The topological polar surface area (TPSA) is 49.7 Å². The molecule has 0 unspecified atom stereocenters. The Kier molecular flexibility index (Phi) is 7.23. The van der Waals surface area contributed by atoms with E-state index in [-0.39, 0.29) is 0 Å². The SMILES string of the molecule is CC(=O)O.S=C=NCc1ccccc1. The fourth-order valence-corrected chi connectivity index (χ4v) is 0.772. The molecule has 74 valence electrons. The average molecular weight is 209 g/mol. The molecule has 0 radical (unpaired) electrons. The number of benzene rings is 1. The minimum Gasteiger partial charge on any atom is -0.481 e. The summed E-state index contributed by atoms with van der Waals surface area (Å²) in [5, 5.41) is 9.74. The van der Waals surface area contributed by atoms with E-state index in [1.54, 1.807) is 0 Å². The largest absolute Gasteiger partial charge is 0.481 e. The maximum absolute atomic E-state index is 9.00. The number of rotatable bonds is 2. The summed E-state index contributed by atoms with van der Waals surface area (Å²) < 4.78 is 0. The van der Waals surface area contributed by atoms with Crippen LogP contribution in [0.25, 0.3) is 0 Å². The summed E-state index contributed by atoms with van der Waals surface area (Å²) >= 11 is 4.43. The van der Waals surface area contributed by atoms with Gasteiger partial charge in [0.25, 0.3) is 5.97 Å². The molecule has 1 aromatic rings. The van der Waals surface area contributed by atoms with Gasteiger partial charge in [-0.1, -0.05) is 30.3 Å². The zero-order chi connectivity index (χ0) is 10.8. The third kappa shape index (κ3) is 8.59. The predicted molar refractivity (Wildman–Crippen MR) is 58.5 cm³/mol. The molecule has 1 aromatic carbocycles. The normalized spacial score (nSPS) is 7.79. The van der Waals surface area contributed by atoms with E-state index < -0.39 is 5.97 Å². The zero-order valence-electron chi connectivity index (χ0n) is 7.80. The van der Waals surface area contributed by atoms with Crippen LogP contribution in [0.1, 0.15) is 12.5 Å². The van der Waals surface area contributed by atoms with Crippen molar-refractivity contribution in [1.29, 1.82) is 0 Å². The Morgan fingerprint density at radius 2 is 2.00 bits per heavy atom. The number of aliphatic carboxylic acids is 1. The Morgan fingerprint density at radius 3 is 2.43 bits per heavy atom. The van der Waals surface area contributed by atoms with Crippen LogP contribution in [0.2, 0.25) is 0 Å². The number of isothiocyanates is 1. The molecule has 0 saturated heterocycles. The van der Waals surface area contributed by atoms with Crippen molar-refractivity contribution in [3.05, 3.63) is 35.9 Å². The van der Waals surface area contributed by atoms with Gasteiger partial charge in [0, 0.05) is 6.92 Å². The Bertz CT molecular complexity index is 314. The minimum atomic E-state index is -0.833. The van der Waals surface area contributed by atoms with Crippen LogP contribution in [-0.4, -0.2) is 16.2 Å². The molecule has 0 heterocycles. The summed E-state index contributed by atoms with van der Waals surface area (Å²) in [6, 6.07) is 9.96. The van der Waals surface area contributed by atoms with Crippen molar-refractivity contribution in [2.45, 2.75) is 13.5 Å². The second-order valence-corrected chi connectivity index (χ2v) is 2.59. The highest BCUT2D eigenvalue weighted by molar-refractivity contribution is 7.78. The van der Waals surface area contributed by atoms with Crippen molar-refractivity contribution in [2.75, 3.05) is 0 Å². The van der Waals surface area contributed by atoms with E-state index in [4.69, 9.17) is 9.90 Å². The van der Waals surface area contributed by atoms with E-state index in [9.17, 15) is 0 Å². The van der Waals surface area contributed by atoms with Crippen LogP contribution in [0, 0.1) is 0 Å². The smallest absolute Gasteiger partial charge is 0.300 e. The lowest BCUT2D eigenvalue weighted by Gasteiger charge is -1.90. The molecule has 4 heteroatoms. The highest BCUT2D eigenvalue weighted by atomic mass is 32.1. The number of nitrogens with zero attached hydrogens (tertiary/aromatic N) is 1. The molecule has 0 amide bonds. The third-order valence-electron chi connectivity index (χ3n) is 1.17. The van der Waals surface area contributed by atoms with E-state index >= 15 is 0 Å². The number of thiocarbonyl (C=S) groups is 1. The molecular formula is C10H11NO2S. The van der Waals surface area contributed by atoms with Crippen LogP contribution in [0.15, 0.2) is 35.3 Å². The van der Waals surface area contributed by atoms with Gasteiger partial charge in [0.15, 0.2) is 0 Å². The molecule has 0 aliphatic rings. The summed E-state index contributed by atoms with van der Waals surface area (Å²) in [7, 11) is 0. The monoisotopic (exact) mass is 209 g/mol. The highest BCUT2D eigenvalue weighted by Gasteiger charge is 1.84. The second-order valence-electron chi connectivity index (χ2n) is 2.41. The molecule has 0 atom stereocenters. The van der Waals surface area contributed by atoms with E-state index in [1.165, 1.54) is 5.56 Å². The molecule has 14 heavy (non-hydrogen) atoms. The van der Waals surface area contributed by atoms with Gasteiger partial charge in [-0.3, -0.25) is 4.79 Å². The van der Waals surface area contributed by atoms with Gasteiger partial charge in [0.1, 0.15) is 0 Å². The first-order chi connectivity index (χ1) is 6.66. The number of carbonyl (C=O) groups is 1. The average Bonchev–Trinajstić information content (AvgIpc) is 2.15. The zero-order valence-corrected chi connectivity index (χ0v) is 8.62. The summed E-state index contributed by atoms with van der Waals surface area (Å²) in [6.45, 7) is 1.73. The molecule has 3 nitrogen and oxygen atoms in total. The van der Waals surface area contributed by atoms with E-state index in [2.05, 4.69) is 22.4 Å². The van der Waals surface area contributed by atoms with Crippen LogP contribution in [0.5, 0.6) is 0 Å². The lowest BCUT2D eigenvalue weighted by atomic mass is 10.2. The lowest BCUT2D eigenvalue weighted by Crippen LogP contribution is -1.78. The van der Waals surface area contributed by atoms with Gasteiger partial charge in [0.05, 0.1) is 11.7 Å². The predicted octanol–water partition coefficient (Wildman–Crippen LogP) is 2.38. The van der Waals surface area contributed by atoms with Gasteiger partial charge >= 0.3 is 0 Å². The highest BCUT2D eigenvalue weighted by Crippen LogP contribution is 1.98. The molecule has 0 aromatic heterocycles. The van der Waals surface area contributed by atoms with E-state index in [0.717, 1.165) is 6.92 Å². The van der Waals surface area contributed by atoms with E-state index in [0.29, 0.717) is 6.54 Å². The van der Waals surface area contributed by atoms with Crippen LogP contribution in [-0.2, 0) is 11.3 Å². The molecule has 0 spiro atoms. The molecule has 0 bridgehead atoms. The number of hydrogen-bond acceptors (Lipinski definition) is 3. The summed E-state index contributed by atoms with van der Waals surface area (Å²) in [5.74, 6) is -0.833. The summed E-state index contributed by atoms with van der Waals surface area (Å²) in [4.78, 5) is 12.8. The first-order valence-electron chi connectivity index (χ1n) is 3.94. The van der Waals surface area contributed by atoms with Gasteiger partial charge < -0.3 is 5.11 Å². The number of hydrogen-bond donors (Lipinski definition) is 1. The Morgan fingerprint density at radius 1 is 1.50 bits per heavy atom. The second kappa shape index (κ2) is 8.10.